The predicted octanol–water partition coefficient (Wildman–Crippen LogP) is 4.25. The largest absolute Gasteiger partial charge is 0.0776 e. The van der Waals surface area contributed by atoms with Gasteiger partial charge in [0.25, 0.3) is 0 Å². The lowest BCUT2D eigenvalue weighted by molar-refractivity contribution is -0.0377. The highest BCUT2D eigenvalue weighted by Crippen LogP contribution is 2.59. The molecule has 1 unspecified atom stereocenters. The number of rotatable bonds is 0. The van der Waals surface area contributed by atoms with Crippen molar-refractivity contribution in [3.8, 4) is 0 Å². The molecule has 0 bridgehead atoms. The van der Waals surface area contributed by atoms with Gasteiger partial charge >= 0.3 is 0 Å². The molecule has 2 saturated carbocycles. The van der Waals surface area contributed by atoms with Crippen molar-refractivity contribution in [3.05, 3.63) is 0 Å². The Morgan fingerprint density at radius 3 is 1.64 bits per heavy atom. The van der Waals surface area contributed by atoms with E-state index in [4.69, 9.17) is 0 Å². The first-order valence-corrected chi connectivity index (χ1v) is 4.83. The molecule has 0 aromatic carbocycles. The van der Waals surface area contributed by atoms with Crippen molar-refractivity contribution in [3.63, 3.8) is 0 Å². The van der Waals surface area contributed by atoms with Crippen LogP contribution in [0.4, 0.5) is 0 Å². The standard InChI is InChI=1S/C8H14.C2H6.CH4/c1-7-3-6-8(7)4-2-5-8;1-2;/h7H,2-6H2,1H3;1-2H3;1H4. The zero-order chi connectivity index (χ0) is 7.61. The third-order valence-corrected chi connectivity index (χ3v) is 3.47. The van der Waals surface area contributed by atoms with Gasteiger partial charge in [-0.25, -0.2) is 0 Å². The second kappa shape index (κ2) is 4.13. The summed E-state index contributed by atoms with van der Waals surface area (Å²) < 4.78 is 0. The Labute approximate surface area is 72.4 Å². The summed E-state index contributed by atoms with van der Waals surface area (Å²) in [6.45, 7) is 6.42. The Balaban J connectivity index is 0.000000311. The highest BCUT2D eigenvalue weighted by molar-refractivity contribution is 4.98. The number of hydrogen-bond acceptors (Lipinski definition) is 0. The van der Waals surface area contributed by atoms with Crippen molar-refractivity contribution in [2.45, 2.75) is 60.3 Å². The molecular weight excluding hydrogens is 132 g/mol. The van der Waals surface area contributed by atoms with Crippen LogP contribution in [0.5, 0.6) is 0 Å². The van der Waals surface area contributed by atoms with E-state index in [0.29, 0.717) is 0 Å². The van der Waals surface area contributed by atoms with Crippen molar-refractivity contribution in [2.24, 2.45) is 11.3 Å². The molecular formula is C11H24. The van der Waals surface area contributed by atoms with E-state index in [1.54, 1.807) is 19.3 Å². The first-order valence-electron chi connectivity index (χ1n) is 4.83. The van der Waals surface area contributed by atoms with Crippen LogP contribution in [0.2, 0.25) is 0 Å². The fourth-order valence-electron chi connectivity index (χ4n) is 2.21. The monoisotopic (exact) mass is 156 g/mol. The van der Waals surface area contributed by atoms with Crippen LogP contribution >= 0.6 is 0 Å². The Morgan fingerprint density at radius 2 is 1.64 bits per heavy atom. The van der Waals surface area contributed by atoms with Crippen LogP contribution in [-0.2, 0) is 0 Å². The Hall–Kier alpha value is 0. The van der Waals surface area contributed by atoms with Gasteiger partial charge in [-0.15, -0.1) is 0 Å². The van der Waals surface area contributed by atoms with Gasteiger partial charge in [-0.05, 0) is 37.0 Å². The molecule has 2 aliphatic rings. The first kappa shape index (κ1) is 11.0. The van der Waals surface area contributed by atoms with Crippen LogP contribution < -0.4 is 0 Å². The van der Waals surface area contributed by atoms with Crippen molar-refractivity contribution >= 4 is 0 Å². The third-order valence-electron chi connectivity index (χ3n) is 3.47. The second-order valence-corrected chi connectivity index (χ2v) is 3.66. The summed E-state index contributed by atoms with van der Waals surface area (Å²) in [7, 11) is 0. The molecule has 0 aromatic rings. The van der Waals surface area contributed by atoms with Crippen LogP contribution in [0.15, 0.2) is 0 Å². The predicted molar refractivity (Wildman–Crippen MR) is 52.8 cm³/mol. The van der Waals surface area contributed by atoms with Crippen molar-refractivity contribution < 1.29 is 0 Å². The maximum Gasteiger partial charge on any atom is -0.0272 e. The summed E-state index contributed by atoms with van der Waals surface area (Å²) in [6.07, 6.45) is 7.68. The van der Waals surface area contributed by atoms with E-state index < -0.39 is 0 Å². The first-order chi connectivity index (χ1) is 4.83. The van der Waals surface area contributed by atoms with Gasteiger partial charge in [0.1, 0.15) is 0 Å². The van der Waals surface area contributed by atoms with Gasteiger partial charge in [-0.2, -0.15) is 0 Å². The summed E-state index contributed by atoms with van der Waals surface area (Å²) in [4.78, 5) is 0. The topological polar surface area (TPSA) is 0 Å². The molecule has 2 fully saturated rings. The Bertz CT molecular complexity index is 95.1. The molecule has 0 saturated heterocycles. The molecule has 2 aliphatic carbocycles. The summed E-state index contributed by atoms with van der Waals surface area (Å²) in [5, 5.41) is 0. The maximum absolute atomic E-state index is 2.42. The van der Waals surface area contributed by atoms with Crippen molar-refractivity contribution in [1.82, 2.24) is 0 Å². The summed E-state index contributed by atoms with van der Waals surface area (Å²) in [5.74, 6) is 1.08. The average Bonchev–Trinajstić information content (AvgIpc) is 1.86. The molecule has 0 nitrogen and oxygen atoms in total. The molecule has 1 atom stereocenters. The van der Waals surface area contributed by atoms with Crippen LogP contribution in [-0.4, -0.2) is 0 Å². The molecule has 0 aromatic heterocycles. The molecule has 0 amide bonds. The zero-order valence-corrected chi connectivity index (χ0v) is 7.61. The lowest BCUT2D eigenvalue weighted by Crippen LogP contribution is -2.43. The molecule has 0 aliphatic heterocycles. The molecule has 0 radical (unpaired) electrons. The Morgan fingerprint density at radius 1 is 1.09 bits per heavy atom. The molecule has 0 heterocycles. The number of hydrogen-bond donors (Lipinski definition) is 0. The van der Waals surface area contributed by atoms with Crippen molar-refractivity contribution in [1.29, 1.82) is 0 Å². The minimum Gasteiger partial charge on any atom is -0.0776 e. The lowest BCUT2D eigenvalue weighted by Gasteiger charge is -2.55. The van der Waals surface area contributed by atoms with Gasteiger partial charge in [0.2, 0.25) is 0 Å². The van der Waals surface area contributed by atoms with Gasteiger partial charge in [0.05, 0.1) is 0 Å². The fraction of sp³-hybridized carbons (Fsp3) is 1.00. The average molecular weight is 156 g/mol. The normalized spacial score (nSPS) is 30.3. The molecule has 0 N–H and O–H groups in total. The van der Waals surface area contributed by atoms with E-state index in [0.717, 1.165) is 11.3 Å². The van der Waals surface area contributed by atoms with Crippen molar-refractivity contribution in [2.75, 3.05) is 0 Å². The summed E-state index contributed by atoms with van der Waals surface area (Å²) in [6, 6.07) is 0. The van der Waals surface area contributed by atoms with Crippen LogP contribution in [0.1, 0.15) is 60.3 Å². The second-order valence-electron chi connectivity index (χ2n) is 3.66. The van der Waals surface area contributed by atoms with Gasteiger partial charge in [-0.3, -0.25) is 0 Å². The Kier molecular flexibility index (Phi) is 4.13. The lowest BCUT2D eigenvalue weighted by atomic mass is 9.50. The molecule has 0 heteroatoms. The van der Waals surface area contributed by atoms with E-state index in [-0.39, 0.29) is 7.43 Å². The van der Waals surface area contributed by atoms with E-state index in [1.165, 1.54) is 12.8 Å². The highest BCUT2D eigenvalue weighted by Gasteiger charge is 2.47. The van der Waals surface area contributed by atoms with E-state index in [1.807, 2.05) is 13.8 Å². The van der Waals surface area contributed by atoms with E-state index in [9.17, 15) is 0 Å². The SMILES string of the molecule is C.CC.CC1CCC12CCC2. The maximum atomic E-state index is 2.42. The smallest absolute Gasteiger partial charge is 0.0272 e. The quantitative estimate of drug-likeness (QED) is 0.492. The molecule has 2 rings (SSSR count). The highest BCUT2D eigenvalue weighted by atomic mass is 14.5. The minimum atomic E-state index is 0. The van der Waals surface area contributed by atoms with E-state index in [2.05, 4.69) is 6.92 Å². The molecule has 68 valence electrons. The minimum absolute atomic E-state index is 0. The van der Waals surface area contributed by atoms with Gasteiger partial charge in [-0.1, -0.05) is 34.6 Å². The van der Waals surface area contributed by atoms with E-state index >= 15 is 0 Å². The van der Waals surface area contributed by atoms with Crippen LogP contribution in [0.25, 0.3) is 0 Å². The van der Waals surface area contributed by atoms with Gasteiger partial charge < -0.3 is 0 Å². The van der Waals surface area contributed by atoms with Crippen LogP contribution in [0.3, 0.4) is 0 Å². The van der Waals surface area contributed by atoms with Crippen LogP contribution in [0, 0.1) is 11.3 Å². The molecule has 11 heavy (non-hydrogen) atoms. The summed E-state index contributed by atoms with van der Waals surface area (Å²) >= 11 is 0. The molecule has 1 spiro atoms. The summed E-state index contributed by atoms with van der Waals surface area (Å²) in [5.41, 5.74) is 0.903. The third kappa shape index (κ3) is 1.60. The fourth-order valence-corrected chi connectivity index (χ4v) is 2.21. The zero-order valence-electron chi connectivity index (χ0n) is 7.61. The van der Waals surface area contributed by atoms with Gasteiger partial charge in [0, 0.05) is 0 Å². The van der Waals surface area contributed by atoms with Gasteiger partial charge in [0.15, 0.2) is 0 Å².